The first-order chi connectivity index (χ1) is 9.54. The third kappa shape index (κ3) is 2.05. The standard InChI is InChI=1S/C14H15N5O/c1-7-13(8(2)19-18-7)14(20)17-10-4-5-11-12(6-10)16-9(3)15-11/h4-6H,1-3H3,(H,15,16)(H,17,20)(H,18,19). The highest BCUT2D eigenvalue weighted by molar-refractivity contribution is 6.06. The van der Waals surface area contributed by atoms with E-state index in [0.29, 0.717) is 11.3 Å². The third-order valence-corrected chi connectivity index (χ3v) is 3.21. The number of fused-ring (bicyclic) bond motifs is 1. The van der Waals surface area contributed by atoms with Crippen molar-refractivity contribution in [3.63, 3.8) is 0 Å². The van der Waals surface area contributed by atoms with Crippen LogP contribution in [0.5, 0.6) is 0 Å². The van der Waals surface area contributed by atoms with Gasteiger partial charge in [-0.2, -0.15) is 5.10 Å². The summed E-state index contributed by atoms with van der Waals surface area (Å²) in [4.78, 5) is 19.7. The number of rotatable bonds is 2. The zero-order valence-electron chi connectivity index (χ0n) is 11.5. The molecule has 0 saturated heterocycles. The van der Waals surface area contributed by atoms with Crippen LogP contribution < -0.4 is 5.32 Å². The van der Waals surface area contributed by atoms with Crippen LogP contribution in [0.25, 0.3) is 11.0 Å². The number of imidazole rings is 1. The Morgan fingerprint density at radius 3 is 2.75 bits per heavy atom. The van der Waals surface area contributed by atoms with Crippen LogP contribution in [0.3, 0.4) is 0 Å². The molecule has 0 aliphatic rings. The zero-order chi connectivity index (χ0) is 14.3. The van der Waals surface area contributed by atoms with Gasteiger partial charge in [-0.25, -0.2) is 4.98 Å². The molecule has 2 heterocycles. The predicted molar refractivity (Wildman–Crippen MR) is 76.8 cm³/mol. The molecule has 6 nitrogen and oxygen atoms in total. The molecule has 0 spiro atoms. The van der Waals surface area contributed by atoms with Gasteiger partial charge in [0.1, 0.15) is 5.82 Å². The average Bonchev–Trinajstić information content (AvgIpc) is 2.91. The van der Waals surface area contributed by atoms with E-state index in [2.05, 4.69) is 25.5 Å². The molecule has 0 bridgehead atoms. The topological polar surface area (TPSA) is 86.5 Å². The third-order valence-electron chi connectivity index (χ3n) is 3.21. The first-order valence-corrected chi connectivity index (χ1v) is 6.34. The number of carbonyl (C=O) groups is 1. The molecule has 20 heavy (non-hydrogen) atoms. The van der Waals surface area contributed by atoms with Gasteiger partial charge < -0.3 is 10.3 Å². The van der Waals surface area contributed by atoms with E-state index < -0.39 is 0 Å². The summed E-state index contributed by atoms with van der Waals surface area (Å²) in [6.45, 7) is 5.53. The Hall–Kier alpha value is -2.63. The number of nitrogens with zero attached hydrogens (tertiary/aromatic N) is 2. The van der Waals surface area contributed by atoms with Gasteiger partial charge in [0.2, 0.25) is 0 Å². The number of carbonyl (C=O) groups excluding carboxylic acids is 1. The monoisotopic (exact) mass is 269 g/mol. The minimum atomic E-state index is -0.163. The Morgan fingerprint density at radius 2 is 2.05 bits per heavy atom. The second-order valence-corrected chi connectivity index (χ2v) is 4.82. The molecule has 3 aromatic rings. The molecule has 0 radical (unpaired) electrons. The van der Waals surface area contributed by atoms with E-state index >= 15 is 0 Å². The highest BCUT2D eigenvalue weighted by Gasteiger charge is 2.15. The lowest BCUT2D eigenvalue weighted by Crippen LogP contribution is -2.13. The van der Waals surface area contributed by atoms with Crippen molar-refractivity contribution in [2.24, 2.45) is 0 Å². The van der Waals surface area contributed by atoms with Gasteiger partial charge in [-0.1, -0.05) is 0 Å². The minimum absolute atomic E-state index is 0.163. The highest BCUT2D eigenvalue weighted by atomic mass is 16.1. The van der Waals surface area contributed by atoms with Crippen molar-refractivity contribution in [2.75, 3.05) is 5.32 Å². The minimum Gasteiger partial charge on any atom is -0.342 e. The first kappa shape index (κ1) is 12.4. The van der Waals surface area contributed by atoms with Gasteiger partial charge in [0.25, 0.3) is 5.91 Å². The lowest BCUT2D eigenvalue weighted by Gasteiger charge is -2.05. The number of hydrogen-bond donors (Lipinski definition) is 3. The van der Waals surface area contributed by atoms with Crippen molar-refractivity contribution in [1.82, 2.24) is 20.2 Å². The molecule has 102 valence electrons. The molecule has 6 heteroatoms. The molecule has 0 fully saturated rings. The van der Waals surface area contributed by atoms with Crippen LogP contribution in [0.1, 0.15) is 27.6 Å². The molecular formula is C14H15N5O. The summed E-state index contributed by atoms with van der Waals surface area (Å²) >= 11 is 0. The van der Waals surface area contributed by atoms with Crippen LogP contribution in [0.15, 0.2) is 18.2 Å². The summed E-state index contributed by atoms with van der Waals surface area (Å²) in [7, 11) is 0. The molecule has 3 rings (SSSR count). The molecule has 1 aromatic carbocycles. The van der Waals surface area contributed by atoms with E-state index in [1.807, 2.05) is 32.0 Å². The van der Waals surface area contributed by atoms with Crippen LogP contribution in [0.2, 0.25) is 0 Å². The van der Waals surface area contributed by atoms with E-state index in [1.165, 1.54) is 0 Å². The zero-order valence-corrected chi connectivity index (χ0v) is 11.5. The highest BCUT2D eigenvalue weighted by Crippen LogP contribution is 2.19. The largest absolute Gasteiger partial charge is 0.342 e. The van der Waals surface area contributed by atoms with Crippen LogP contribution in [-0.4, -0.2) is 26.1 Å². The normalized spacial score (nSPS) is 10.9. The van der Waals surface area contributed by atoms with Gasteiger partial charge in [-0.15, -0.1) is 0 Å². The fraction of sp³-hybridized carbons (Fsp3) is 0.214. The predicted octanol–water partition coefficient (Wildman–Crippen LogP) is 2.46. The van der Waals surface area contributed by atoms with Gasteiger partial charge in [0, 0.05) is 11.4 Å². The van der Waals surface area contributed by atoms with Crippen molar-refractivity contribution < 1.29 is 4.79 Å². The van der Waals surface area contributed by atoms with Gasteiger partial charge >= 0.3 is 0 Å². The van der Waals surface area contributed by atoms with Crippen LogP contribution >= 0.6 is 0 Å². The van der Waals surface area contributed by atoms with Gasteiger partial charge in [-0.05, 0) is 39.0 Å². The SMILES string of the molecule is Cc1nc2ccc(NC(=O)c3c(C)n[nH]c3C)cc2[nH]1. The number of hydrogen-bond acceptors (Lipinski definition) is 3. The Kier molecular flexibility index (Phi) is 2.78. The summed E-state index contributed by atoms with van der Waals surface area (Å²) in [5, 5.41) is 9.72. The number of aromatic nitrogens is 4. The Morgan fingerprint density at radius 1 is 1.25 bits per heavy atom. The molecule has 0 aliphatic carbocycles. The Bertz CT molecular complexity index is 780. The number of benzene rings is 1. The van der Waals surface area contributed by atoms with Crippen molar-refractivity contribution in [2.45, 2.75) is 20.8 Å². The fourth-order valence-electron chi connectivity index (χ4n) is 2.29. The number of anilines is 1. The first-order valence-electron chi connectivity index (χ1n) is 6.34. The summed E-state index contributed by atoms with van der Waals surface area (Å²) in [6.07, 6.45) is 0. The molecule has 0 atom stereocenters. The van der Waals surface area contributed by atoms with Crippen molar-refractivity contribution in [3.05, 3.63) is 41.0 Å². The maximum atomic E-state index is 12.3. The number of aromatic amines is 2. The summed E-state index contributed by atoms with van der Waals surface area (Å²) in [6, 6.07) is 5.59. The summed E-state index contributed by atoms with van der Waals surface area (Å²) in [5.74, 6) is 0.689. The quantitative estimate of drug-likeness (QED) is 0.668. The fourth-order valence-corrected chi connectivity index (χ4v) is 2.29. The molecule has 0 unspecified atom stereocenters. The molecule has 0 saturated carbocycles. The second-order valence-electron chi connectivity index (χ2n) is 4.82. The van der Waals surface area contributed by atoms with Gasteiger partial charge in [-0.3, -0.25) is 9.89 Å². The van der Waals surface area contributed by atoms with E-state index in [9.17, 15) is 4.79 Å². The lowest BCUT2D eigenvalue weighted by atomic mass is 10.2. The number of aryl methyl sites for hydroxylation is 3. The molecular weight excluding hydrogens is 254 g/mol. The van der Waals surface area contributed by atoms with Crippen molar-refractivity contribution in [3.8, 4) is 0 Å². The molecule has 3 N–H and O–H groups in total. The maximum Gasteiger partial charge on any atom is 0.259 e. The lowest BCUT2D eigenvalue weighted by molar-refractivity contribution is 0.102. The van der Waals surface area contributed by atoms with Gasteiger partial charge in [0.15, 0.2) is 0 Å². The average molecular weight is 269 g/mol. The second kappa shape index (κ2) is 4.48. The van der Waals surface area contributed by atoms with E-state index in [-0.39, 0.29) is 5.91 Å². The molecule has 1 amide bonds. The van der Waals surface area contributed by atoms with Crippen LogP contribution in [0, 0.1) is 20.8 Å². The molecule has 2 aromatic heterocycles. The maximum absolute atomic E-state index is 12.3. The van der Waals surface area contributed by atoms with E-state index in [4.69, 9.17) is 0 Å². The summed E-state index contributed by atoms with van der Waals surface area (Å²) < 4.78 is 0. The number of amides is 1. The molecule has 0 aliphatic heterocycles. The number of nitrogens with one attached hydrogen (secondary N) is 3. The Labute approximate surface area is 115 Å². The number of H-pyrrole nitrogens is 2. The Balaban J connectivity index is 1.91. The van der Waals surface area contributed by atoms with E-state index in [0.717, 1.165) is 28.2 Å². The smallest absolute Gasteiger partial charge is 0.259 e. The summed E-state index contributed by atoms with van der Waals surface area (Å²) in [5.41, 5.74) is 4.56. The van der Waals surface area contributed by atoms with E-state index in [1.54, 1.807) is 6.92 Å². The van der Waals surface area contributed by atoms with Crippen molar-refractivity contribution >= 4 is 22.6 Å². The van der Waals surface area contributed by atoms with Crippen LogP contribution in [-0.2, 0) is 0 Å². The van der Waals surface area contributed by atoms with Gasteiger partial charge in [0.05, 0.1) is 22.3 Å². The van der Waals surface area contributed by atoms with Crippen molar-refractivity contribution in [1.29, 1.82) is 0 Å². The van der Waals surface area contributed by atoms with Crippen LogP contribution in [0.4, 0.5) is 5.69 Å².